The van der Waals surface area contributed by atoms with E-state index in [9.17, 15) is 8.42 Å². The molecule has 0 unspecified atom stereocenters. The lowest BCUT2D eigenvalue weighted by Gasteiger charge is -2.31. The zero-order valence-electron chi connectivity index (χ0n) is 12.8. The van der Waals surface area contributed by atoms with E-state index in [2.05, 4.69) is 9.97 Å². The van der Waals surface area contributed by atoms with Crippen LogP contribution in [0.3, 0.4) is 0 Å². The van der Waals surface area contributed by atoms with Gasteiger partial charge < -0.3 is 13.9 Å². The van der Waals surface area contributed by atoms with E-state index in [-0.39, 0.29) is 17.7 Å². The third kappa shape index (κ3) is 2.67. The fourth-order valence-electron chi connectivity index (χ4n) is 2.59. The first-order chi connectivity index (χ1) is 10.4. The number of rotatable bonds is 3. The molecule has 0 spiro atoms. The van der Waals surface area contributed by atoms with Crippen molar-refractivity contribution < 1.29 is 13.2 Å². The summed E-state index contributed by atoms with van der Waals surface area (Å²) in [7, 11) is 0.0169. The number of ether oxygens (including phenoxy) is 1. The normalized spacial score (nSPS) is 20.4. The highest BCUT2D eigenvalue weighted by atomic mass is 32.2. The largest absolute Gasteiger partial charge is 0.368 e. The Morgan fingerprint density at radius 2 is 2.09 bits per heavy atom. The number of imidazole rings is 2. The molecule has 1 aliphatic rings. The molecule has 0 N–H and O–H groups in total. The topological polar surface area (TPSA) is 82.2 Å². The van der Waals surface area contributed by atoms with Crippen LogP contribution in [0.15, 0.2) is 23.7 Å². The maximum absolute atomic E-state index is 12.6. The molecule has 0 saturated carbocycles. The van der Waals surface area contributed by atoms with Crippen LogP contribution in [0.1, 0.15) is 17.6 Å². The first-order valence-electron chi connectivity index (χ1n) is 6.97. The summed E-state index contributed by atoms with van der Waals surface area (Å²) < 4.78 is 35.9. The quantitative estimate of drug-likeness (QED) is 0.806. The molecule has 120 valence electrons. The lowest BCUT2D eigenvalue weighted by Crippen LogP contribution is -2.42. The average molecular weight is 325 g/mol. The Kier molecular flexibility index (Phi) is 3.79. The van der Waals surface area contributed by atoms with Crippen molar-refractivity contribution in [3.05, 3.63) is 30.2 Å². The lowest BCUT2D eigenvalue weighted by atomic mass is 10.3. The molecular weight excluding hydrogens is 306 g/mol. The average Bonchev–Trinajstić information content (AvgIpc) is 3.05. The van der Waals surface area contributed by atoms with Crippen LogP contribution in [0, 0.1) is 6.92 Å². The van der Waals surface area contributed by atoms with Gasteiger partial charge in [0.25, 0.3) is 10.0 Å². The zero-order valence-corrected chi connectivity index (χ0v) is 13.6. The van der Waals surface area contributed by atoms with Crippen molar-refractivity contribution in [1.29, 1.82) is 0 Å². The summed E-state index contributed by atoms with van der Waals surface area (Å²) in [4.78, 5) is 8.38. The van der Waals surface area contributed by atoms with Crippen molar-refractivity contribution in [2.45, 2.75) is 18.1 Å². The van der Waals surface area contributed by atoms with Crippen molar-refractivity contribution in [3.8, 4) is 0 Å². The highest BCUT2D eigenvalue weighted by molar-refractivity contribution is 7.89. The fourth-order valence-corrected chi connectivity index (χ4v) is 3.98. The minimum absolute atomic E-state index is 0.0617. The van der Waals surface area contributed by atoms with Gasteiger partial charge in [-0.3, -0.25) is 0 Å². The molecule has 1 saturated heterocycles. The second-order valence-corrected chi connectivity index (χ2v) is 7.34. The lowest BCUT2D eigenvalue weighted by molar-refractivity contribution is -0.00899. The number of morpholine rings is 1. The van der Waals surface area contributed by atoms with Crippen LogP contribution < -0.4 is 0 Å². The Hall–Kier alpha value is -1.71. The van der Waals surface area contributed by atoms with Gasteiger partial charge in [0.1, 0.15) is 11.9 Å². The summed E-state index contributed by atoms with van der Waals surface area (Å²) in [6.45, 7) is 2.79. The molecule has 3 rings (SSSR count). The van der Waals surface area contributed by atoms with E-state index in [1.54, 1.807) is 11.6 Å². The molecule has 22 heavy (non-hydrogen) atoms. The number of hydrogen-bond acceptors (Lipinski definition) is 5. The third-order valence-electron chi connectivity index (χ3n) is 3.64. The molecule has 0 bridgehead atoms. The van der Waals surface area contributed by atoms with E-state index in [0.717, 1.165) is 11.5 Å². The van der Waals surface area contributed by atoms with Crippen molar-refractivity contribution in [3.63, 3.8) is 0 Å². The predicted molar refractivity (Wildman–Crippen MR) is 78.6 cm³/mol. The molecular formula is C13H19N5O3S. The molecule has 9 heteroatoms. The Morgan fingerprint density at radius 3 is 2.68 bits per heavy atom. The van der Waals surface area contributed by atoms with Gasteiger partial charge in [-0.05, 0) is 6.92 Å². The highest BCUT2D eigenvalue weighted by Gasteiger charge is 2.34. The summed E-state index contributed by atoms with van der Waals surface area (Å²) in [5.74, 6) is 0.735. The van der Waals surface area contributed by atoms with Gasteiger partial charge in [0.15, 0.2) is 5.03 Å². The van der Waals surface area contributed by atoms with Gasteiger partial charge in [-0.2, -0.15) is 4.31 Å². The second-order valence-electron chi connectivity index (χ2n) is 5.45. The van der Waals surface area contributed by atoms with Crippen LogP contribution in [0.2, 0.25) is 0 Å². The van der Waals surface area contributed by atoms with Gasteiger partial charge in [0.2, 0.25) is 0 Å². The number of aryl methyl sites for hydroxylation is 3. The van der Waals surface area contributed by atoms with Crippen LogP contribution in [-0.4, -0.2) is 51.5 Å². The first kappa shape index (κ1) is 15.2. The Labute approximate surface area is 129 Å². The van der Waals surface area contributed by atoms with Gasteiger partial charge in [0.05, 0.1) is 18.6 Å². The molecule has 2 aromatic heterocycles. The fraction of sp³-hybridized carbons (Fsp3) is 0.538. The van der Waals surface area contributed by atoms with Crippen molar-refractivity contribution in [2.75, 3.05) is 19.7 Å². The molecule has 1 fully saturated rings. The molecule has 1 aliphatic heterocycles. The zero-order chi connectivity index (χ0) is 15.9. The van der Waals surface area contributed by atoms with E-state index >= 15 is 0 Å². The van der Waals surface area contributed by atoms with Crippen LogP contribution in [0.5, 0.6) is 0 Å². The van der Waals surface area contributed by atoms with Crippen molar-refractivity contribution in [1.82, 2.24) is 23.4 Å². The highest BCUT2D eigenvalue weighted by Crippen LogP contribution is 2.25. The third-order valence-corrected chi connectivity index (χ3v) is 5.39. The van der Waals surface area contributed by atoms with Gasteiger partial charge in [-0.15, -0.1) is 0 Å². The molecule has 3 heterocycles. The number of nitrogens with zero attached hydrogens (tertiary/aromatic N) is 5. The summed E-state index contributed by atoms with van der Waals surface area (Å²) in [6, 6.07) is 0. The predicted octanol–water partition coefficient (Wildman–Crippen LogP) is 0.224. The standard InChI is InChI=1S/C13H19N5O3S/c1-10-6-17(3)13(15-10)11-7-18(4-5-21-11)22(19,20)12-8-16(2)9-14-12/h6,8-9,11H,4-5,7H2,1-3H3/t11-/m0/s1. The second kappa shape index (κ2) is 5.49. The van der Waals surface area contributed by atoms with Crippen LogP contribution in [0.4, 0.5) is 0 Å². The van der Waals surface area contributed by atoms with Crippen molar-refractivity contribution >= 4 is 10.0 Å². The van der Waals surface area contributed by atoms with Crippen LogP contribution >= 0.6 is 0 Å². The molecule has 1 atom stereocenters. The Bertz CT molecular complexity index is 779. The van der Waals surface area contributed by atoms with Gasteiger partial charge in [-0.25, -0.2) is 18.4 Å². The van der Waals surface area contributed by atoms with E-state index in [1.165, 1.54) is 16.8 Å². The smallest absolute Gasteiger partial charge is 0.262 e. The number of hydrogen-bond donors (Lipinski definition) is 0. The Balaban J connectivity index is 1.85. The minimum atomic E-state index is -3.60. The SMILES string of the molecule is Cc1cn(C)c([C@@H]2CN(S(=O)(=O)c3cn(C)cn3)CCO2)n1. The molecule has 0 aromatic carbocycles. The van der Waals surface area contributed by atoms with E-state index in [0.29, 0.717) is 13.2 Å². The van der Waals surface area contributed by atoms with E-state index in [4.69, 9.17) is 4.74 Å². The van der Waals surface area contributed by atoms with E-state index in [1.807, 2.05) is 24.7 Å². The van der Waals surface area contributed by atoms with Crippen LogP contribution in [0.25, 0.3) is 0 Å². The molecule has 0 amide bonds. The number of aromatic nitrogens is 4. The molecule has 2 aromatic rings. The molecule has 0 radical (unpaired) electrons. The minimum Gasteiger partial charge on any atom is -0.368 e. The summed E-state index contributed by atoms with van der Waals surface area (Å²) in [5.41, 5.74) is 0.880. The first-order valence-corrected chi connectivity index (χ1v) is 8.41. The summed E-state index contributed by atoms with van der Waals surface area (Å²) in [5, 5.41) is 0.0617. The maximum Gasteiger partial charge on any atom is 0.262 e. The monoisotopic (exact) mass is 325 g/mol. The van der Waals surface area contributed by atoms with Crippen LogP contribution in [-0.2, 0) is 28.9 Å². The van der Waals surface area contributed by atoms with Gasteiger partial charge >= 0.3 is 0 Å². The van der Waals surface area contributed by atoms with Gasteiger partial charge in [-0.1, -0.05) is 0 Å². The van der Waals surface area contributed by atoms with Crippen molar-refractivity contribution in [2.24, 2.45) is 14.1 Å². The van der Waals surface area contributed by atoms with Gasteiger partial charge in [0, 0.05) is 39.6 Å². The maximum atomic E-state index is 12.6. The Morgan fingerprint density at radius 1 is 1.32 bits per heavy atom. The summed E-state index contributed by atoms with van der Waals surface area (Å²) >= 11 is 0. The molecule has 0 aliphatic carbocycles. The van der Waals surface area contributed by atoms with E-state index < -0.39 is 10.0 Å². The summed E-state index contributed by atoms with van der Waals surface area (Å²) in [6.07, 6.45) is 4.51. The molecule has 8 nitrogen and oxygen atoms in total. The number of sulfonamides is 1.